The van der Waals surface area contributed by atoms with Crippen molar-refractivity contribution in [2.24, 2.45) is 0 Å². The van der Waals surface area contributed by atoms with Crippen LogP contribution in [-0.4, -0.2) is 46.7 Å². The number of amides is 2. The lowest BCUT2D eigenvalue weighted by atomic mass is 10.1. The third-order valence-corrected chi connectivity index (χ3v) is 5.64. The number of urea groups is 1. The van der Waals surface area contributed by atoms with Gasteiger partial charge in [0.2, 0.25) is 0 Å². The highest BCUT2D eigenvalue weighted by Crippen LogP contribution is 2.19. The summed E-state index contributed by atoms with van der Waals surface area (Å²) >= 11 is 0. The van der Waals surface area contributed by atoms with Crippen LogP contribution in [0.2, 0.25) is 0 Å². The minimum atomic E-state index is -0.112. The first-order valence-corrected chi connectivity index (χ1v) is 10.4. The van der Waals surface area contributed by atoms with Gasteiger partial charge in [-0.1, -0.05) is 29.8 Å². The molecule has 30 heavy (non-hydrogen) atoms. The SMILES string of the molecule is CCn1c(=O)c(N2CCN(C(=O)Nc3ccc(C)cc3C)CC2)nc2ccccc21. The molecule has 0 spiro atoms. The van der Waals surface area contributed by atoms with Crippen LogP contribution in [0.5, 0.6) is 0 Å². The van der Waals surface area contributed by atoms with Gasteiger partial charge in [0.25, 0.3) is 5.56 Å². The molecule has 1 aromatic heterocycles. The van der Waals surface area contributed by atoms with E-state index in [1.54, 1.807) is 9.47 Å². The van der Waals surface area contributed by atoms with Crippen LogP contribution in [0.1, 0.15) is 18.1 Å². The summed E-state index contributed by atoms with van der Waals surface area (Å²) in [7, 11) is 0. The lowest BCUT2D eigenvalue weighted by Crippen LogP contribution is -2.51. The highest BCUT2D eigenvalue weighted by Gasteiger charge is 2.25. The third-order valence-electron chi connectivity index (χ3n) is 5.64. The number of carbonyl (C=O) groups is 1. The third kappa shape index (κ3) is 3.75. The number of para-hydroxylation sites is 2. The van der Waals surface area contributed by atoms with E-state index in [4.69, 9.17) is 0 Å². The normalized spacial score (nSPS) is 14.2. The first-order chi connectivity index (χ1) is 14.5. The zero-order valence-electron chi connectivity index (χ0n) is 17.7. The molecule has 1 aliphatic rings. The molecular weight excluding hydrogens is 378 g/mol. The second kappa shape index (κ2) is 8.18. The molecule has 0 unspecified atom stereocenters. The van der Waals surface area contributed by atoms with Crippen LogP contribution >= 0.6 is 0 Å². The molecule has 3 aromatic rings. The first-order valence-electron chi connectivity index (χ1n) is 10.4. The molecule has 1 fully saturated rings. The van der Waals surface area contributed by atoms with E-state index in [9.17, 15) is 9.59 Å². The van der Waals surface area contributed by atoms with Crippen LogP contribution in [0.15, 0.2) is 47.3 Å². The van der Waals surface area contributed by atoms with Crippen LogP contribution in [0.25, 0.3) is 11.0 Å². The molecular formula is C23H27N5O2. The monoisotopic (exact) mass is 405 g/mol. The fourth-order valence-electron chi connectivity index (χ4n) is 3.97. The summed E-state index contributed by atoms with van der Waals surface area (Å²) in [5, 5.41) is 3.00. The lowest BCUT2D eigenvalue weighted by Gasteiger charge is -2.35. The predicted molar refractivity (Wildman–Crippen MR) is 120 cm³/mol. The predicted octanol–water partition coefficient (Wildman–Crippen LogP) is 3.39. The Bertz CT molecular complexity index is 1150. The summed E-state index contributed by atoms with van der Waals surface area (Å²) in [6, 6.07) is 13.6. The van der Waals surface area contributed by atoms with Gasteiger partial charge in [0.15, 0.2) is 5.82 Å². The van der Waals surface area contributed by atoms with Crippen molar-refractivity contribution in [3.05, 3.63) is 63.9 Å². The van der Waals surface area contributed by atoms with E-state index in [1.807, 2.05) is 62.1 Å². The lowest BCUT2D eigenvalue weighted by molar-refractivity contribution is 0.208. The second-order valence-electron chi connectivity index (χ2n) is 7.70. The van der Waals surface area contributed by atoms with E-state index in [0.717, 1.165) is 22.3 Å². The topological polar surface area (TPSA) is 70.5 Å². The second-order valence-corrected chi connectivity index (χ2v) is 7.70. The van der Waals surface area contributed by atoms with Crippen molar-refractivity contribution < 1.29 is 4.79 Å². The fraction of sp³-hybridized carbons (Fsp3) is 0.348. The Morgan fingerprint density at radius 2 is 1.80 bits per heavy atom. The van der Waals surface area contributed by atoms with Crippen molar-refractivity contribution in [3.63, 3.8) is 0 Å². The molecule has 2 amide bonds. The number of fused-ring (bicyclic) bond motifs is 1. The van der Waals surface area contributed by atoms with Gasteiger partial charge in [0.1, 0.15) is 0 Å². The number of anilines is 2. The summed E-state index contributed by atoms with van der Waals surface area (Å²) in [5.41, 5.74) is 4.62. The fourth-order valence-corrected chi connectivity index (χ4v) is 3.97. The smallest absolute Gasteiger partial charge is 0.321 e. The molecule has 0 aliphatic carbocycles. The van der Waals surface area contributed by atoms with Crippen molar-refractivity contribution in [3.8, 4) is 0 Å². The first kappa shape index (κ1) is 19.9. The maximum atomic E-state index is 13.0. The van der Waals surface area contributed by atoms with Crippen LogP contribution in [-0.2, 0) is 6.54 Å². The average Bonchev–Trinajstić information content (AvgIpc) is 2.75. The van der Waals surface area contributed by atoms with Crippen LogP contribution in [0, 0.1) is 13.8 Å². The van der Waals surface area contributed by atoms with Gasteiger partial charge in [-0.2, -0.15) is 0 Å². The average molecular weight is 406 g/mol. The standard InChI is InChI=1S/C23H27N5O2/c1-4-28-20-8-6-5-7-19(20)24-21(22(28)29)26-11-13-27(14-12-26)23(30)25-18-10-9-16(2)15-17(18)3/h5-10,15H,4,11-14H2,1-3H3,(H,25,30). The van der Waals surface area contributed by atoms with Crippen molar-refractivity contribution >= 4 is 28.6 Å². The Labute approximate surface area is 175 Å². The molecule has 1 aliphatic heterocycles. The molecule has 0 saturated carbocycles. The number of carbonyl (C=O) groups excluding carboxylic acids is 1. The Morgan fingerprint density at radius 3 is 2.50 bits per heavy atom. The quantitative estimate of drug-likeness (QED) is 0.725. The highest BCUT2D eigenvalue weighted by molar-refractivity contribution is 5.90. The van der Waals surface area contributed by atoms with Gasteiger partial charge < -0.3 is 19.7 Å². The Balaban J connectivity index is 1.49. The summed E-state index contributed by atoms with van der Waals surface area (Å²) in [6.07, 6.45) is 0. The van der Waals surface area contributed by atoms with E-state index in [-0.39, 0.29) is 11.6 Å². The largest absolute Gasteiger partial charge is 0.348 e. The Hall–Kier alpha value is -3.35. The molecule has 0 atom stereocenters. The zero-order valence-corrected chi connectivity index (χ0v) is 17.7. The molecule has 7 heteroatoms. The van der Waals surface area contributed by atoms with Gasteiger partial charge >= 0.3 is 6.03 Å². The molecule has 2 aromatic carbocycles. The van der Waals surface area contributed by atoms with Crippen LogP contribution < -0.4 is 15.8 Å². The van der Waals surface area contributed by atoms with Gasteiger partial charge in [-0.3, -0.25) is 4.79 Å². The van der Waals surface area contributed by atoms with E-state index < -0.39 is 0 Å². The summed E-state index contributed by atoms with van der Waals surface area (Å²) in [6.45, 7) is 8.80. The van der Waals surface area contributed by atoms with E-state index >= 15 is 0 Å². The molecule has 2 heterocycles. The summed E-state index contributed by atoms with van der Waals surface area (Å²) < 4.78 is 1.76. The summed E-state index contributed by atoms with van der Waals surface area (Å²) in [4.78, 5) is 34.1. The van der Waals surface area contributed by atoms with E-state index in [1.165, 1.54) is 5.56 Å². The molecule has 0 bridgehead atoms. The number of rotatable bonds is 3. The van der Waals surface area contributed by atoms with Gasteiger partial charge in [-0.05, 0) is 44.5 Å². The zero-order chi connectivity index (χ0) is 21.3. The van der Waals surface area contributed by atoms with Crippen molar-refractivity contribution in [1.82, 2.24) is 14.5 Å². The molecule has 0 radical (unpaired) electrons. The number of aryl methyl sites for hydroxylation is 3. The van der Waals surface area contributed by atoms with Gasteiger partial charge in [0, 0.05) is 38.4 Å². The number of hydrogen-bond donors (Lipinski definition) is 1. The minimum absolute atomic E-state index is 0.0793. The number of benzene rings is 2. The van der Waals surface area contributed by atoms with Crippen molar-refractivity contribution in [2.45, 2.75) is 27.3 Å². The number of hydrogen-bond acceptors (Lipinski definition) is 4. The van der Waals surface area contributed by atoms with Crippen molar-refractivity contribution in [2.75, 3.05) is 36.4 Å². The van der Waals surface area contributed by atoms with Gasteiger partial charge in [-0.25, -0.2) is 9.78 Å². The number of aromatic nitrogens is 2. The molecule has 1 N–H and O–H groups in total. The molecule has 4 rings (SSSR count). The maximum Gasteiger partial charge on any atom is 0.321 e. The van der Waals surface area contributed by atoms with Gasteiger partial charge in [0.05, 0.1) is 11.0 Å². The molecule has 156 valence electrons. The Morgan fingerprint density at radius 1 is 1.07 bits per heavy atom. The number of piperazine rings is 1. The highest BCUT2D eigenvalue weighted by atomic mass is 16.2. The number of nitrogens with zero attached hydrogens (tertiary/aromatic N) is 4. The summed E-state index contributed by atoms with van der Waals surface area (Å²) in [5.74, 6) is 0.463. The van der Waals surface area contributed by atoms with Gasteiger partial charge in [-0.15, -0.1) is 0 Å². The number of nitrogens with one attached hydrogen (secondary N) is 1. The Kier molecular flexibility index (Phi) is 5.44. The maximum absolute atomic E-state index is 13.0. The van der Waals surface area contributed by atoms with E-state index in [0.29, 0.717) is 38.5 Å². The van der Waals surface area contributed by atoms with Crippen molar-refractivity contribution in [1.29, 1.82) is 0 Å². The molecule has 7 nitrogen and oxygen atoms in total. The minimum Gasteiger partial charge on any atom is -0.348 e. The molecule has 1 saturated heterocycles. The van der Waals surface area contributed by atoms with Crippen LogP contribution in [0.4, 0.5) is 16.3 Å². The van der Waals surface area contributed by atoms with Crippen LogP contribution in [0.3, 0.4) is 0 Å². The van der Waals surface area contributed by atoms with E-state index in [2.05, 4.69) is 16.4 Å².